The first-order chi connectivity index (χ1) is 12.3. The standard InChI is InChI=1S/C19H15IN2O4/c1-11-9-16(12(2)8-15(11)20)21-19(23)18-7-6-17(26-18)13-4-3-5-14(10-13)22(24)25/h3-10H,1-2H3,(H,21,23). The Morgan fingerprint density at radius 3 is 2.62 bits per heavy atom. The van der Waals surface area contributed by atoms with Gasteiger partial charge in [0.25, 0.3) is 11.6 Å². The summed E-state index contributed by atoms with van der Waals surface area (Å²) in [4.78, 5) is 22.9. The molecule has 0 saturated carbocycles. The lowest BCUT2D eigenvalue weighted by molar-refractivity contribution is -0.384. The van der Waals surface area contributed by atoms with Crippen LogP contribution in [0.5, 0.6) is 0 Å². The maximum absolute atomic E-state index is 12.5. The summed E-state index contributed by atoms with van der Waals surface area (Å²) in [7, 11) is 0. The highest BCUT2D eigenvalue weighted by molar-refractivity contribution is 14.1. The summed E-state index contributed by atoms with van der Waals surface area (Å²) in [5.74, 6) is 0.168. The van der Waals surface area contributed by atoms with Crippen LogP contribution >= 0.6 is 22.6 Å². The maximum atomic E-state index is 12.5. The van der Waals surface area contributed by atoms with Gasteiger partial charge in [0.05, 0.1) is 4.92 Å². The number of rotatable bonds is 4. The van der Waals surface area contributed by atoms with Crippen LogP contribution < -0.4 is 5.32 Å². The van der Waals surface area contributed by atoms with E-state index < -0.39 is 4.92 Å². The van der Waals surface area contributed by atoms with Gasteiger partial charge >= 0.3 is 0 Å². The summed E-state index contributed by atoms with van der Waals surface area (Å²) in [6.07, 6.45) is 0. The minimum absolute atomic E-state index is 0.0325. The monoisotopic (exact) mass is 462 g/mol. The molecule has 2 aromatic carbocycles. The van der Waals surface area contributed by atoms with Crippen molar-refractivity contribution in [2.75, 3.05) is 5.32 Å². The van der Waals surface area contributed by atoms with Crippen LogP contribution in [0.4, 0.5) is 11.4 Å². The van der Waals surface area contributed by atoms with E-state index in [4.69, 9.17) is 4.42 Å². The zero-order valence-electron chi connectivity index (χ0n) is 14.1. The molecule has 0 spiro atoms. The highest BCUT2D eigenvalue weighted by atomic mass is 127. The summed E-state index contributed by atoms with van der Waals surface area (Å²) in [6.45, 7) is 3.90. The van der Waals surface area contributed by atoms with Crippen LogP contribution in [0.2, 0.25) is 0 Å². The number of aryl methyl sites for hydroxylation is 2. The number of hydrogen-bond donors (Lipinski definition) is 1. The van der Waals surface area contributed by atoms with Gasteiger partial charge in [0.2, 0.25) is 0 Å². The number of furan rings is 1. The topological polar surface area (TPSA) is 85.4 Å². The molecule has 0 unspecified atom stereocenters. The lowest BCUT2D eigenvalue weighted by Gasteiger charge is -2.09. The first-order valence-corrected chi connectivity index (χ1v) is 8.86. The van der Waals surface area contributed by atoms with Crippen LogP contribution in [0, 0.1) is 27.5 Å². The number of carbonyl (C=O) groups is 1. The van der Waals surface area contributed by atoms with Crippen molar-refractivity contribution >= 4 is 39.9 Å². The van der Waals surface area contributed by atoms with Crippen LogP contribution in [0.1, 0.15) is 21.7 Å². The van der Waals surface area contributed by atoms with Crippen molar-refractivity contribution in [3.05, 3.63) is 79.1 Å². The van der Waals surface area contributed by atoms with E-state index >= 15 is 0 Å². The Balaban J connectivity index is 1.84. The van der Waals surface area contributed by atoms with Crippen LogP contribution in [-0.2, 0) is 0 Å². The van der Waals surface area contributed by atoms with E-state index in [0.717, 1.165) is 20.4 Å². The minimum atomic E-state index is -0.470. The van der Waals surface area contributed by atoms with Gasteiger partial charge in [0.1, 0.15) is 5.76 Å². The van der Waals surface area contributed by atoms with Crippen LogP contribution in [-0.4, -0.2) is 10.8 Å². The molecule has 1 aromatic heterocycles. The molecule has 3 rings (SSSR count). The number of amides is 1. The second-order valence-electron chi connectivity index (χ2n) is 5.84. The quantitative estimate of drug-likeness (QED) is 0.323. The molecule has 0 bridgehead atoms. The van der Waals surface area contributed by atoms with E-state index in [2.05, 4.69) is 27.9 Å². The molecule has 7 heteroatoms. The molecule has 0 aliphatic heterocycles. The van der Waals surface area contributed by atoms with Crippen molar-refractivity contribution in [1.29, 1.82) is 0 Å². The zero-order chi connectivity index (χ0) is 18.8. The van der Waals surface area contributed by atoms with Crippen LogP contribution in [0.15, 0.2) is 52.9 Å². The van der Waals surface area contributed by atoms with Gasteiger partial charge in [-0.05, 0) is 71.8 Å². The molecule has 0 atom stereocenters. The molecule has 0 fully saturated rings. The number of nitro groups is 1. The largest absolute Gasteiger partial charge is 0.451 e. The van der Waals surface area contributed by atoms with Gasteiger partial charge in [-0.2, -0.15) is 0 Å². The third kappa shape index (κ3) is 3.77. The zero-order valence-corrected chi connectivity index (χ0v) is 16.2. The highest BCUT2D eigenvalue weighted by Gasteiger charge is 2.15. The molecule has 132 valence electrons. The molecular formula is C19H15IN2O4. The summed E-state index contributed by atoms with van der Waals surface area (Å²) >= 11 is 2.25. The first-order valence-electron chi connectivity index (χ1n) is 7.78. The fourth-order valence-corrected chi connectivity index (χ4v) is 3.11. The Morgan fingerprint density at radius 1 is 1.12 bits per heavy atom. The Kier molecular flexibility index (Phi) is 5.08. The van der Waals surface area contributed by atoms with E-state index in [0.29, 0.717) is 11.3 Å². The first kappa shape index (κ1) is 18.1. The van der Waals surface area contributed by atoms with Crippen molar-refractivity contribution < 1.29 is 14.1 Å². The number of anilines is 1. The molecule has 1 amide bonds. The second-order valence-corrected chi connectivity index (χ2v) is 7.00. The SMILES string of the molecule is Cc1cc(NC(=O)c2ccc(-c3cccc([N+](=O)[O-])c3)o2)c(C)cc1I. The fraction of sp³-hybridized carbons (Fsp3) is 0.105. The molecular weight excluding hydrogens is 447 g/mol. The average Bonchev–Trinajstić information content (AvgIpc) is 3.10. The predicted molar refractivity (Wildman–Crippen MR) is 107 cm³/mol. The van der Waals surface area contributed by atoms with Gasteiger partial charge in [-0.25, -0.2) is 0 Å². The molecule has 0 aliphatic rings. The van der Waals surface area contributed by atoms with Gasteiger partial charge in [0, 0.05) is 27.0 Å². The Bertz CT molecular complexity index is 1010. The molecule has 0 radical (unpaired) electrons. The minimum Gasteiger partial charge on any atom is -0.451 e. The second kappa shape index (κ2) is 7.28. The number of nitrogens with one attached hydrogen (secondary N) is 1. The van der Waals surface area contributed by atoms with E-state index in [9.17, 15) is 14.9 Å². The maximum Gasteiger partial charge on any atom is 0.291 e. The number of carbonyl (C=O) groups excluding carboxylic acids is 1. The highest BCUT2D eigenvalue weighted by Crippen LogP contribution is 2.27. The van der Waals surface area contributed by atoms with E-state index in [-0.39, 0.29) is 17.4 Å². The number of hydrogen-bond acceptors (Lipinski definition) is 4. The summed E-state index contributed by atoms with van der Waals surface area (Å²) in [5.41, 5.74) is 3.26. The molecule has 6 nitrogen and oxygen atoms in total. The lowest BCUT2D eigenvalue weighted by Crippen LogP contribution is -2.12. The average molecular weight is 462 g/mol. The fourth-order valence-electron chi connectivity index (χ4n) is 2.49. The van der Waals surface area contributed by atoms with Crippen molar-refractivity contribution in [3.63, 3.8) is 0 Å². The Labute approximate surface area is 163 Å². The van der Waals surface area contributed by atoms with Gasteiger partial charge < -0.3 is 9.73 Å². The van der Waals surface area contributed by atoms with Gasteiger partial charge in [-0.1, -0.05) is 12.1 Å². The molecule has 0 saturated heterocycles. The van der Waals surface area contributed by atoms with Crippen LogP contribution in [0.25, 0.3) is 11.3 Å². The van der Waals surface area contributed by atoms with Gasteiger partial charge in [-0.15, -0.1) is 0 Å². The molecule has 3 aromatic rings. The Hall–Kier alpha value is -2.68. The van der Waals surface area contributed by atoms with E-state index in [1.54, 1.807) is 24.3 Å². The predicted octanol–water partition coefficient (Wildman–Crippen LogP) is 5.33. The molecule has 0 aliphatic carbocycles. The number of non-ortho nitro benzene ring substituents is 1. The van der Waals surface area contributed by atoms with Gasteiger partial charge in [0.15, 0.2) is 5.76 Å². The summed E-state index contributed by atoms with van der Waals surface area (Å²) in [6, 6.07) is 13.2. The van der Waals surface area contributed by atoms with Crippen molar-refractivity contribution in [3.8, 4) is 11.3 Å². The van der Waals surface area contributed by atoms with Crippen molar-refractivity contribution in [1.82, 2.24) is 0 Å². The number of nitro benzene ring substituents is 1. The molecule has 1 N–H and O–H groups in total. The third-order valence-corrected chi connectivity index (χ3v) is 5.09. The Morgan fingerprint density at radius 2 is 1.88 bits per heavy atom. The summed E-state index contributed by atoms with van der Waals surface area (Å²) < 4.78 is 6.72. The van der Waals surface area contributed by atoms with Gasteiger partial charge in [-0.3, -0.25) is 14.9 Å². The van der Waals surface area contributed by atoms with Crippen LogP contribution in [0.3, 0.4) is 0 Å². The summed E-state index contributed by atoms with van der Waals surface area (Å²) in [5, 5.41) is 13.7. The normalized spacial score (nSPS) is 10.6. The molecule has 1 heterocycles. The molecule has 26 heavy (non-hydrogen) atoms. The lowest BCUT2D eigenvalue weighted by atomic mass is 10.1. The smallest absolute Gasteiger partial charge is 0.291 e. The number of halogens is 1. The third-order valence-electron chi connectivity index (χ3n) is 3.93. The number of benzene rings is 2. The van der Waals surface area contributed by atoms with E-state index in [1.807, 2.05) is 26.0 Å². The van der Waals surface area contributed by atoms with E-state index in [1.165, 1.54) is 12.1 Å². The number of nitrogens with zero attached hydrogens (tertiary/aromatic N) is 1. The van der Waals surface area contributed by atoms with Crippen molar-refractivity contribution in [2.45, 2.75) is 13.8 Å². The van der Waals surface area contributed by atoms with Crippen molar-refractivity contribution in [2.24, 2.45) is 0 Å².